The Hall–Kier alpha value is -0.606. The molecule has 4 nitrogen and oxygen atoms in total. The van der Waals surface area contributed by atoms with Crippen LogP contribution in [-0.4, -0.2) is 19.9 Å². The van der Waals surface area contributed by atoms with Crippen molar-refractivity contribution in [3.63, 3.8) is 0 Å². The Morgan fingerprint density at radius 3 is 1.92 bits per heavy atom. The summed E-state index contributed by atoms with van der Waals surface area (Å²) in [5.74, 6) is 0. The minimum absolute atomic E-state index is 0. The summed E-state index contributed by atoms with van der Waals surface area (Å²) in [6.45, 7) is 5.53. The molecule has 2 heterocycles. The van der Waals surface area contributed by atoms with Crippen molar-refractivity contribution in [3.8, 4) is 0 Å². The van der Waals surface area contributed by atoms with E-state index in [9.17, 15) is 0 Å². The Balaban J connectivity index is 0.000000206. The third-order valence-electron chi connectivity index (χ3n) is 1.19. The molecule has 0 fully saturated rings. The third kappa shape index (κ3) is 5.60. The number of rotatable bonds is 0. The molecule has 0 atom stereocenters. The van der Waals surface area contributed by atoms with Crippen LogP contribution in [-0.2, 0) is 32.7 Å². The van der Waals surface area contributed by atoms with Crippen LogP contribution < -0.4 is 0 Å². The third-order valence-corrected chi connectivity index (χ3v) is 1.19. The Morgan fingerprint density at radius 1 is 1.15 bits per heavy atom. The fraction of sp³-hybridized carbons (Fsp3) is 0.125. The maximum atomic E-state index is 3.77. The first-order chi connectivity index (χ1) is 5.79. The summed E-state index contributed by atoms with van der Waals surface area (Å²) in [4.78, 5) is 13.1. The van der Waals surface area contributed by atoms with Crippen LogP contribution in [0.5, 0.6) is 0 Å². The van der Waals surface area contributed by atoms with Crippen molar-refractivity contribution in [1.82, 2.24) is 19.9 Å². The van der Waals surface area contributed by atoms with Gasteiger partial charge in [-0.3, -0.25) is 0 Å². The molecule has 0 aliphatic rings. The monoisotopic (exact) mass is 252 g/mol. The van der Waals surface area contributed by atoms with Gasteiger partial charge in [-0.15, -0.1) is 5.69 Å². The van der Waals surface area contributed by atoms with Crippen molar-refractivity contribution >= 4 is 0 Å². The molecule has 2 N–H and O–H groups in total. The molecule has 5 heteroatoms. The van der Waals surface area contributed by atoms with Gasteiger partial charge in [0.15, 0.2) is 0 Å². The molecule has 0 bridgehead atoms. The van der Waals surface area contributed by atoms with Gasteiger partial charge in [0.2, 0.25) is 0 Å². The SMILES string of the molecule is Cc1cnc[nH]1.[CH2-]c1cnc[nH]1.[Y]. The molecule has 0 aliphatic carbocycles. The van der Waals surface area contributed by atoms with Crippen LogP contribution in [0, 0.1) is 13.8 Å². The molecule has 1 radical (unpaired) electrons. The van der Waals surface area contributed by atoms with Crippen molar-refractivity contribution < 1.29 is 32.7 Å². The van der Waals surface area contributed by atoms with E-state index in [-0.39, 0.29) is 32.7 Å². The van der Waals surface area contributed by atoms with Gasteiger partial charge < -0.3 is 15.0 Å². The second-order valence-electron chi connectivity index (χ2n) is 2.31. The van der Waals surface area contributed by atoms with Crippen LogP contribution >= 0.6 is 0 Å². The average molecular weight is 252 g/mol. The predicted octanol–water partition coefficient (Wildman–Crippen LogP) is 1.31. The van der Waals surface area contributed by atoms with Gasteiger partial charge >= 0.3 is 0 Å². The van der Waals surface area contributed by atoms with E-state index in [1.165, 1.54) is 0 Å². The summed E-state index contributed by atoms with van der Waals surface area (Å²) in [7, 11) is 0. The minimum atomic E-state index is 0. The topological polar surface area (TPSA) is 57.4 Å². The zero-order valence-electron chi connectivity index (χ0n) is 7.49. The van der Waals surface area contributed by atoms with Gasteiger partial charge in [-0.25, -0.2) is 11.9 Å². The van der Waals surface area contributed by atoms with E-state index in [4.69, 9.17) is 0 Å². The first-order valence-electron chi connectivity index (χ1n) is 3.54. The number of aromatic nitrogens is 4. The smallest absolute Gasteiger partial charge is 0.0921 e. The Labute approximate surface area is 102 Å². The molecule has 0 aliphatic heterocycles. The molecule has 0 amide bonds. The fourth-order valence-electron chi connectivity index (χ4n) is 0.610. The number of imidazole rings is 2. The molecular weight excluding hydrogens is 241 g/mol. The zero-order chi connectivity index (χ0) is 8.81. The van der Waals surface area contributed by atoms with Crippen molar-refractivity contribution in [3.05, 3.63) is 43.4 Å². The van der Waals surface area contributed by atoms with Gasteiger partial charge in [0.05, 0.1) is 12.7 Å². The molecule has 0 saturated heterocycles. The van der Waals surface area contributed by atoms with Crippen molar-refractivity contribution in [1.29, 1.82) is 0 Å². The molecule has 0 aromatic carbocycles. The summed E-state index contributed by atoms with van der Waals surface area (Å²) < 4.78 is 0. The quantitative estimate of drug-likeness (QED) is 0.694. The van der Waals surface area contributed by atoms with Gasteiger partial charge in [0.25, 0.3) is 0 Å². The molecule has 0 saturated carbocycles. The first kappa shape index (κ1) is 12.4. The molecule has 2 aromatic heterocycles. The van der Waals surface area contributed by atoms with Crippen LogP contribution in [0.25, 0.3) is 0 Å². The number of H-pyrrole nitrogens is 2. The van der Waals surface area contributed by atoms with E-state index >= 15 is 0 Å². The van der Waals surface area contributed by atoms with Crippen LogP contribution in [0.4, 0.5) is 0 Å². The molecule has 2 aromatic rings. The van der Waals surface area contributed by atoms with E-state index in [1.807, 2.05) is 6.92 Å². The Bertz CT molecular complexity index is 256. The summed E-state index contributed by atoms with van der Waals surface area (Å²) in [5.41, 5.74) is 1.96. The minimum Gasteiger partial charge on any atom is -0.381 e. The zero-order valence-corrected chi connectivity index (χ0v) is 10.3. The Morgan fingerprint density at radius 2 is 1.77 bits per heavy atom. The van der Waals surface area contributed by atoms with Crippen molar-refractivity contribution in [2.24, 2.45) is 0 Å². The van der Waals surface area contributed by atoms with Crippen LogP contribution in [0.3, 0.4) is 0 Å². The van der Waals surface area contributed by atoms with Gasteiger partial charge in [0, 0.05) is 44.6 Å². The Kier molecular flexibility index (Phi) is 6.54. The summed E-state index contributed by atoms with van der Waals surface area (Å²) in [6, 6.07) is 0. The summed E-state index contributed by atoms with van der Waals surface area (Å²) >= 11 is 0. The molecule has 67 valence electrons. The largest absolute Gasteiger partial charge is 0.381 e. The summed E-state index contributed by atoms with van der Waals surface area (Å²) in [6.07, 6.45) is 6.71. The van der Waals surface area contributed by atoms with E-state index in [1.54, 1.807) is 25.0 Å². The molecule has 0 spiro atoms. The van der Waals surface area contributed by atoms with Crippen LogP contribution in [0.2, 0.25) is 0 Å². The maximum absolute atomic E-state index is 3.77. The van der Waals surface area contributed by atoms with Gasteiger partial charge in [-0.1, -0.05) is 6.20 Å². The maximum Gasteiger partial charge on any atom is 0.0921 e. The molecule has 0 unspecified atom stereocenters. The number of nitrogens with one attached hydrogen (secondary N) is 2. The van der Waals surface area contributed by atoms with Gasteiger partial charge in [-0.2, -0.15) is 0 Å². The molecular formula is C8H11N4Y-. The van der Waals surface area contributed by atoms with Gasteiger partial charge in [-0.05, 0) is 6.92 Å². The second-order valence-corrected chi connectivity index (χ2v) is 2.31. The number of nitrogens with zero attached hydrogens (tertiary/aromatic N) is 2. The predicted molar refractivity (Wildman–Crippen MR) is 46.4 cm³/mol. The van der Waals surface area contributed by atoms with Crippen molar-refractivity contribution in [2.45, 2.75) is 6.92 Å². The van der Waals surface area contributed by atoms with Crippen LogP contribution in [0.1, 0.15) is 11.4 Å². The standard InChI is InChI=1S/C4H6N2.C4H5N2.Y/c2*1-4-2-5-3-6-4;/h2-3H,1H3,(H,5,6);2-3H,1H2,(H,5,6);/q;-1;. The number of aromatic amines is 2. The van der Waals surface area contributed by atoms with E-state index in [0.29, 0.717) is 0 Å². The van der Waals surface area contributed by atoms with Crippen molar-refractivity contribution in [2.75, 3.05) is 0 Å². The van der Waals surface area contributed by atoms with Crippen LogP contribution in [0.15, 0.2) is 25.0 Å². The van der Waals surface area contributed by atoms with E-state index < -0.39 is 0 Å². The van der Waals surface area contributed by atoms with E-state index in [0.717, 1.165) is 11.4 Å². The number of hydrogen-bond donors (Lipinski definition) is 2. The fourth-order valence-corrected chi connectivity index (χ4v) is 0.610. The molecule has 13 heavy (non-hydrogen) atoms. The van der Waals surface area contributed by atoms with Gasteiger partial charge in [0.1, 0.15) is 0 Å². The molecule has 2 rings (SSSR count). The second kappa shape index (κ2) is 6.86. The average Bonchev–Trinajstić information content (AvgIpc) is 2.63. The van der Waals surface area contributed by atoms with E-state index in [2.05, 4.69) is 26.9 Å². The first-order valence-corrected chi connectivity index (χ1v) is 3.54. The number of aryl methyl sites for hydroxylation is 1. The normalized spacial score (nSPS) is 8.08. The number of hydrogen-bond acceptors (Lipinski definition) is 2. The summed E-state index contributed by atoms with van der Waals surface area (Å²) in [5, 5.41) is 0.